The van der Waals surface area contributed by atoms with E-state index in [2.05, 4.69) is 5.32 Å². The van der Waals surface area contributed by atoms with Gasteiger partial charge in [0.25, 0.3) is 0 Å². The van der Waals surface area contributed by atoms with Gasteiger partial charge in [-0.2, -0.15) is 0 Å². The van der Waals surface area contributed by atoms with Crippen LogP contribution in [0.3, 0.4) is 0 Å². The topological polar surface area (TPSA) is 95.9 Å². The van der Waals surface area contributed by atoms with Gasteiger partial charge >= 0.3 is 5.97 Å². The van der Waals surface area contributed by atoms with E-state index in [9.17, 15) is 14.4 Å². The summed E-state index contributed by atoms with van der Waals surface area (Å²) >= 11 is 0. The molecule has 0 spiro atoms. The van der Waals surface area contributed by atoms with Gasteiger partial charge < -0.3 is 20.1 Å². The average Bonchev–Trinajstić information content (AvgIpc) is 3.25. The SMILES string of the molecule is O=C(O)COc1cccc(CNC(=O)C2CCCCC2C(=O)N2CCCC2)c1. The van der Waals surface area contributed by atoms with E-state index >= 15 is 0 Å². The molecule has 2 atom stereocenters. The van der Waals surface area contributed by atoms with E-state index in [-0.39, 0.29) is 23.7 Å². The fourth-order valence-corrected chi connectivity index (χ4v) is 4.12. The quantitative estimate of drug-likeness (QED) is 0.747. The Hall–Kier alpha value is -2.57. The van der Waals surface area contributed by atoms with Crippen molar-refractivity contribution >= 4 is 17.8 Å². The number of nitrogens with one attached hydrogen (secondary N) is 1. The van der Waals surface area contributed by atoms with Crippen molar-refractivity contribution < 1.29 is 24.2 Å². The summed E-state index contributed by atoms with van der Waals surface area (Å²) in [5, 5.41) is 11.7. The minimum atomic E-state index is -1.04. The molecule has 0 aromatic heterocycles. The Morgan fingerprint density at radius 1 is 1.07 bits per heavy atom. The molecule has 28 heavy (non-hydrogen) atoms. The van der Waals surface area contributed by atoms with E-state index in [0.29, 0.717) is 12.3 Å². The number of hydrogen-bond acceptors (Lipinski definition) is 4. The minimum Gasteiger partial charge on any atom is -0.482 e. The summed E-state index contributed by atoms with van der Waals surface area (Å²) in [6.45, 7) is 1.54. The van der Waals surface area contributed by atoms with Gasteiger partial charge in [0, 0.05) is 31.5 Å². The van der Waals surface area contributed by atoms with Crippen molar-refractivity contribution in [3.05, 3.63) is 29.8 Å². The Kier molecular flexibility index (Phi) is 6.90. The summed E-state index contributed by atoms with van der Waals surface area (Å²) in [5.41, 5.74) is 0.828. The average molecular weight is 388 g/mol. The van der Waals surface area contributed by atoms with Crippen molar-refractivity contribution in [1.82, 2.24) is 10.2 Å². The van der Waals surface area contributed by atoms with Crippen LogP contribution in [0, 0.1) is 11.8 Å². The molecule has 1 aromatic rings. The molecule has 1 heterocycles. The van der Waals surface area contributed by atoms with Crippen LogP contribution in [0.1, 0.15) is 44.1 Å². The summed E-state index contributed by atoms with van der Waals surface area (Å²) in [6, 6.07) is 7.01. The summed E-state index contributed by atoms with van der Waals surface area (Å²) < 4.78 is 5.17. The van der Waals surface area contributed by atoms with E-state index in [4.69, 9.17) is 9.84 Å². The maximum Gasteiger partial charge on any atom is 0.341 e. The molecule has 1 aliphatic carbocycles. The number of carboxylic acids is 1. The lowest BCUT2D eigenvalue weighted by molar-refractivity contribution is -0.142. The molecule has 2 unspecified atom stereocenters. The highest BCUT2D eigenvalue weighted by atomic mass is 16.5. The first kappa shape index (κ1) is 20.2. The highest BCUT2D eigenvalue weighted by molar-refractivity contribution is 5.88. The smallest absolute Gasteiger partial charge is 0.341 e. The van der Waals surface area contributed by atoms with Crippen molar-refractivity contribution in [1.29, 1.82) is 0 Å². The number of likely N-dealkylation sites (tertiary alicyclic amines) is 1. The number of aliphatic carboxylic acids is 1. The number of amides is 2. The minimum absolute atomic E-state index is 0.0749. The lowest BCUT2D eigenvalue weighted by Gasteiger charge is -2.32. The fraction of sp³-hybridized carbons (Fsp3) is 0.571. The van der Waals surface area contributed by atoms with E-state index in [0.717, 1.165) is 57.2 Å². The zero-order chi connectivity index (χ0) is 19.9. The summed E-state index contributed by atoms with van der Waals surface area (Å²) in [4.78, 5) is 38.2. The molecule has 1 saturated carbocycles. The predicted molar refractivity (Wildman–Crippen MR) is 103 cm³/mol. The van der Waals surface area contributed by atoms with Gasteiger partial charge in [0.15, 0.2) is 6.61 Å². The molecule has 152 valence electrons. The van der Waals surface area contributed by atoms with Gasteiger partial charge in [-0.05, 0) is 43.4 Å². The number of rotatable bonds is 7. The molecule has 1 aliphatic heterocycles. The molecule has 2 N–H and O–H groups in total. The molecule has 1 aromatic carbocycles. The first-order chi connectivity index (χ1) is 13.5. The number of carbonyl (C=O) groups is 3. The van der Waals surface area contributed by atoms with Crippen LogP contribution in [0.2, 0.25) is 0 Å². The second kappa shape index (κ2) is 9.57. The Morgan fingerprint density at radius 3 is 2.50 bits per heavy atom. The van der Waals surface area contributed by atoms with Crippen molar-refractivity contribution in [2.75, 3.05) is 19.7 Å². The largest absolute Gasteiger partial charge is 0.482 e. The molecule has 0 bridgehead atoms. The molecular weight excluding hydrogens is 360 g/mol. The van der Waals surface area contributed by atoms with E-state index in [1.54, 1.807) is 18.2 Å². The van der Waals surface area contributed by atoms with Gasteiger partial charge in [0.05, 0.1) is 0 Å². The van der Waals surface area contributed by atoms with Gasteiger partial charge in [0.1, 0.15) is 5.75 Å². The lowest BCUT2D eigenvalue weighted by atomic mass is 9.78. The lowest BCUT2D eigenvalue weighted by Crippen LogP contribution is -2.44. The third-order valence-corrected chi connectivity index (χ3v) is 5.57. The van der Waals surface area contributed by atoms with Crippen molar-refractivity contribution in [2.24, 2.45) is 11.8 Å². The second-order valence-electron chi connectivity index (χ2n) is 7.58. The molecule has 2 fully saturated rings. The zero-order valence-corrected chi connectivity index (χ0v) is 16.1. The van der Waals surface area contributed by atoms with Crippen LogP contribution in [0.5, 0.6) is 5.75 Å². The van der Waals surface area contributed by atoms with Gasteiger partial charge in [-0.25, -0.2) is 4.79 Å². The van der Waals surface area contributed by atoms with Crippen molar-refractivity contribution in [3.8, 4) is 5.75 Å². The number of hydrogen-bond donors (Lipinski definition) is 2. The van der Waals surface area contributed by atoms with Crippen molar-refractivity contribution in [2.45, 2.75) is 45.1 Å². The van der Waals surface area contributed by atoms with Crippen LogP contribution >= 0.6 is 0 Å². The molecular formula is C21H28N2O5. The highest BCUT2D eigenvalue weighted by Crippen LogP contribution is 2.32. The van der Waals surface area contributed by atoms with E-state index < -0.39 is 12.6 Å². The predicted octanol–water partition coefficient (Wildman–Crippen LogP) is 2.19. The van der Waals surface area contributed by atoms with Gasteiger partial charge in [-0.3, -0.25) is 9.59 Å². The van der Waals surface area contributed by atoms with Crippen LogP contribution in [-0.4, -0.2) is 47.5 Å². The van der Waals surface area contributed by atoms with Crippen LogP contribution in [0.15, 0.2) is 24.3 Å². The summed E-state index contributed by atoms with van der Waals surface area (Å²) in [5.74, 6) is -1.00. The summed E-state index contributed by atoms with van der Waals surface area (Å²) in [7, 11) is 0. The number of nitrogens with zero attached hydrogens (tertiary/aromatic N) is 1. The van der Waals surface area contributed by atoms with Gasteiger partial charge in [-0.1, -0.05) is 25.0 Å². The van der Waals surface area contributed by atoms with Crippen LogP contribution in [-0.2, 0) is 20.9 Å². The monoisotopic (exact) mass is 388 g/mol. The van der Waals surface area contributed by atoms with Crippen molar-refractivity contribution in [3.63, 3.8) is 0 Å². The standard InChI is InChI=1S/C21H28N2O5/c24-19(25)14-28-16-7-5-6-15(12-16)13-22-20(26)17-8-1-2-9-18(17)21(27)23-10-3-4-11-23/h5-7,12,17-18H,1-4,8-11,13-14H2,(H,22,26)(H,24,25). The van der Waals surface area contributed by atoms with E-state index in [1.165, 1.54) is 0 Å². The van der Waals surface area contributed by atoms with Gasteiger partial charge in [0.2, 0.25) is 11.8 Å². The summed E-state index contributed by atoms with van der Waals surface area (Å²) in [6.07, 6.45) is 5.60. The Bertz CT molecular complexity index is 715. The number of carbonyl (C=O) groups excluding carboxylic acids is 2. The third-order valence-electron chi connectivity index (χ3n) is 5.57. The van der Waals surface area contributed by atoms with Crippen LogP contribution in [0.25, 0.3) is 0 Å². The Morgan fingerprint density at radius 2 is 1.79 bits per heavy atom. The molecule has 3 rings (SSSR count). The maximum absolute atomic E-state index is 12.8. The van der Waals surface area contributed by atoms with E-state index in [1.807, 2.05) is 11.0 Å². The first-order valence-electron chi connectivity index (χ1n) is 10.0. The first-order valence-corrected chi connectivity index (χ1v) is 10.0. The molecule has 2 aliphatic rings. The molecule has 1 saturated heterocycles. The highest BCUT2D eigenvalue weighted by Gasteiger charge is 2.38. The fourth-order valence-electron chi connectivity index (χ4n) is 4.12. The molecule has 0 radical (unpaired) electrons. The number of ether oxygens (including phenoxy) is 1. The molecule has 2 amide bonds. The number of benzene rings is 1. The third kappa shape index (κ3) is 5.24. The molecule has 7 nitrogen and oxygen atoms in total. The zero-order valence-electron chi connectivity index (χ0n) is 16.1. The van der Waals surface area contributed by atoms with Crippen LogP contribution in [0.4, 0.5) is 0 Å². The Balaban J connectivity index is 1.57. The normalized spacial score (nSPS) is 21.9. The maximum atomic E-state index is 12.8. The Labute approximate surface area is 165 Å². The number of carboxylic acid groups (broad SMARTS) is 1. The van der Waals surface area contributed by atoms with Gasteiger partial charge in [-0.15, -0.1) is 0 Å². The second-order valence-corrected chi connectivity index (χ2v) is 7.58. The van der Waals surface area contributed by atoms with Crippen LogP contribution < -0.4 is 10.1 Å². The molecule has 7 heteroatoms.